The van der Waals surface area contributed by atoms with E-state index < -0.39 is 6.10 Å². The average Bonchev–Trinajstić information content (AvgIpc) is 3.23. The number of ether oxygens (including phenoxy) is 3. The summed E-state index contributed by atoms with van der Waals surface area (Å²) in [6.07, 6.45) is 63.2. The molecule has 0 aliphatic rings. The van der Waals surface area contributed by atoms with Crippen LogP contribution < -0.4 is 0 Å². The van der Waals surface area contributed by atoms with Crippen LogP contribution in [-0.2, 0) is 28.6 Å². The summed E-state index contributed by atoms with van der Waals surface area (Å²) in [6.45, 7) is 6.14. The molecule has 0 heterocycles. The van der Waals surface area contributed by atoms with Crippen molar-refractivity contribution in [3.63, 3.8) is 0 Å². The Morgan fingerprint density at radius 3 is 0.949 bits per heavy atom. The molecular formula is C53H82O6. The Kier molecular flexibility index (Phi) is 43.2. The second kappa shape index (κ2) is 46.5. The lowest BCUT2D eigenvalue weighted by molar-refractivity contribution is -0.167. The molecule has 0 spiro atoms. The van der Waals surface area contributed by atoms with E-state index in [2.05, 4.69) is 106 Å². The van der Waals surface area contributed by atoms with Crippen LogP contribution in [0.2, 0.25) is 0 Å². The molecule has 0 aliphatic carbocycles. The second-order valence-corrected chi connectivity index (χ2v) is 14.7. The topological polar surface area (TPSA) is 78.9 Å². The van der Waals surface area contributed by atoms with E-state index in [1.807, 2.05) is 36.5 Å². The molecule has 1 atom stereocenters. The molecule has 0 aromatic carbocycles. The maximum absolute atomic E-state index is 12.7. The van der Waals surface area contributed by atoms with Gasteiger partial charge in [-0.25, -0.2) is 0 Å². The number of allylic oxidation sites excluding steroid dienone is 20. The molecule has 1 unspecified atom stereocenters. The number of carbonyl (C=O) groups is 3. The molecule has 6 nitrogen and oxygen atoms in total. The predicted molar refractivity (Wildman–Crippen MR) is 251 cm³/mol. The highest BCUT2D eigenvalue weighted by molar-refractivity contribution is 5.71. The van der Waals surface area contributed by atoms with Crippen LogP contribution in [0.15, 0.2) is 122 Å². The highest BCUT2D eigenvalue weighted by Crippen LogP contribution is 2.12. The first-order chi connectivity index (χ1) is 29.0. The maximum atomic E-state index is 12.7. The summed E-state index contributed by atoms with van der Waals surface area (Å²) in [5.41, 5.74) is 0. The number of unbranched alkanes of at least 4 members (excludes halogenated alkanes) is 15. The van der Waals surface area contributed by atoms with E-state index in [0.29, 0.717) is 12.8 Å². The van der Waals surface area contributed by atoms with Gasteiger partial charge in [0.25, 0.3) is 0 Å². The number of carbonyl (C=O) groups excluding carboxylic acids is 3. The molecule has 0 fully saturated rings. The Morgan fingerprint density at radius 1 is 0.339 bits per heavy atom. The average molecular weight is 815 g/mol. The fraction of sp³-hybridized carbons (Fsp3) is 0.566. The molecular weight excluding hydrogens is 733 g/mol. The molecule has 0 amide bonds. The summed E-state index contributed by atoms with van der Waals surface area (Å²) >= 11 is 0. The van der Waals surface area contributed by atoms with Gasteiger partial charge in [-0.05, 0) is 77.0 Å². The van der Waals surface area contributed by atoms with Crippen LogP contribution in [0.3, 0.4) is 0 Å². The van der Waals surface area contributed by atoms with Gasteiger partial charge in [0.05, 0.1) is 0 Å². The van der Waals surface area contributed by atoms with Crippen LogP contribution in [0, 0.1) is 0 Å². The second-order valence-electron chi connectivity index (χ2n) is 14.7. The Bertz CT molecular complexity index is 1300. The molecule has 0 aliphatic heterocycles. The van der Waals surface area contributed by atoms with E-state index in [-0.39, 0.29) is 37.5 Å². The summed E-state index contributed by atoms with van der Waals surface area (Å²) < 4.78 is 16.7. The molecule has 0 rings (SSSR count). The Morgan fingerprint density at radius 2 is 0.610 bits per heavy atom. The summed E-state index contributed by atoms with van der Waals surface area (Å²) in [5.74, 6) is -0.986. The minimum Gasteiger partial charge on any atom is -0.462 e. The van der Waals surface area contributed by atoms with Crippen LogP contribution in [-0.4, -0.2) is 37.2 Å². The van der Waals surface area contributed by atoms with Gasteiger partial charge in [-0.15, -0.1) is 0 Å². The van der Waals surface area contributed by atoms with Crippen molar-refractivity contribution in [3.8, 4) is 0 Å². The van der Waals surface area contributed by atoms with E-state index in [1.54, 1.807) is 0 Å². The SMILES string of the molecule is CC\C=C/C=C\C=C/C=C\CCCCCCCC(=O)OCC(COC(=O)CCCCCCC\C=C/C=C\C=C/CC)OC(=O)CCCCCCC\C=C/C=C\C=C/CC. The van der Waals surface area contributed by atoms with Crippen molar-refractivity contribution in [2.24, 2.45) is 0 Å². The van der Waals surface area contributed by atoms with E-state index in [0.717, 1.165) is 135 Å². The number of esters is 3. The van der Waals surface area contributed by atoms with Crippen LogP contribution in [0.25, 0.3) is 0 Å². The summed E-state index contributed by atoms with van der Waals surface area (Å²) in [4.78, 5) is 37.8. The van der Waals surface area contributed by atoms with E-state index >= 15 is 0 Å². The number of hydrogen-bond acceptors (Lipinski definition) is 6. The third-order valence-corrected chi connectivity index (χ3v) is 9.16. The monoisotopic (exact) mass is 815 g/mol. The van der Waals surface area contributed by atoms with Gasteiger partial charge in [0, 0.05) is 19.3 Å². The highest BCUT2D eigenvalue weighted by Gasteiger charge is 2.19. The van der Waals surface area contributed by atoms with Crippen molar-refractivity contribution in [3.05, 3.63) is 122 Å². The fourth-order valence-electron chi connectivity index (χ4n) is 5.74. The van der Waals surface area contributed by atoms with Crippen molar-refractivity contribution >= 4 is 17.9 Å². The molecule has 0 saturated carbocycles. The van der Waals surface area contributed by atoms with Crippen molar-refractivity contribution < 1.29 is 28.6 Å². The zero-order valence-corrected chi connectivity index (χ0v) is 37.5. The lowest BCUT2D eigenvalue weighted by Crippen LogP contribution is -2.30. The normalized spacial score (nSPS) is 13.2. The van der Waals surface area contributed by atoms with Crippen LogP contribution in [0.4, 0.5) is 0 Å². The molecule has 6 heteroatoms. The van der Waals surface area contributed by atoms with Gasteiger partial charge in [0.1, 0.15) is 13.2 Å². The van der Waals surface area contributed by atoms with Crippen molar-refractivity contribution in [1.82, 2.24) is 0 Å². The zero-order valence-electron chi connectivity index (χ0n) is 37.5. The molecule has 0 N–H and O–H groups in total. The smallest absolute Gasteiger partial charge is 0.306 e. The van der Waals surface area contributed by atoms with Gasteiger partial charge < -0.3 is 14.2 Å². The molecule has 0 aromatic rings. The van der Waals surface area contributed by atoms with E-state index in [9.17, 15) is 14.4 Å². The minimum atomic E-state index is -0.809. The first kappa shape index (κ1) is 54.8. The Balaban J connectivity index is 4.52. The molecule has 0 aromatic heterocycles. The minimum absolute atomic E-state index is 0.109. The van der Waals surface area contributed by atoms with Crippen molar-refractivity contribution in [1.29, 1.82) is 0 Å². The van der Waals surface area contributed by atoms with Gasteiger partial charge in [0.15, 0.2) is 6.10 Å². The van der Waals surface area contributed by atoms with Crippen LogP contribution >= 0.6 is 0 Å². The molecule has 330 valence electrons. The molecule has 0 saturated heterocycles. The van der Waals surface area contributed by atoms with Crippen molar-refractivity contribution in [2.75, 3.05) is 13.2 Å². The largest absolute Gasteiger partial charge is 0.462 e. The summed E-state index contributed by atoms with van der Waals surface area (Å²) in [5, 5.41) is 0. The lowest BCUT2D eigenvalue weighted by atomic mass is 10.1. The third kappa shape index (κ3) is 44.8. The lowest BCUT2D eigenvalue weighted by Gasteiger charge is -2.18. The van der Waals surface area contributed by atoms with Gasteiger partial charge in [-0.2, -0.15) is 0 Å². The standard InChI is InChI=1S/C53H82O6/c1-4-7-10-13-16-19-22-25-26-29-31-34-37-40-43-46-52(55)58-49-50(59-53(56)47-44-41-38-35-32-28-24-21-18-15-12-9-6-3)48-57-51(54)45-42-39-36-33-30-27-23-20-17-14-11-8-5-2/h7-26,50H,4-6,27-49H2,1-3H3/b10-7-,11-8-,12-9-,16-13-,17-14-,18-15-,22-19-,23-20-,24-21-,26-25-. The Hall–Kier alpha value is -4.19. The quantitative estimate of drug-likeness (QED) is 0.0266. The number of rotatable bonds is 39. The molecule has 59 heavy (non-hydrogen) atoms. The maximum Gasteiger partial charge on any atom is 0.306 e. The van der Waals surface area contributed by atoms with Gasteiger partial charge >= 0.3 is 17.9 Å². The summed E-state index contributed by atoms with van der Waals surface area (Å²) in [7, 11) is 0. The Labute approximate surface area is 361 Å². The fourth-order valence-corrected chi connectivity index (χ4v) is 5.74. The van der Waals surface area contributed by atoms with E-state index in [1.165, 1.54) is 0 Å². The zero-order chi connectivity index (χ0) is 43.0. The molecule has 0 radical (unpaired) electrons. The third-order valence-electron chi connectivity index (χ3n) is 9.16. The van der Waals surface area contributed by atoms with Crippen molar-refractivity contribution in [2.45, 2.75) is 181 Å². The van der Waals surface area contributed by atoms with Crippen LogP contribution in [0.5, 0.6) is 0 Å². The van der Waals surface area contributed by atoms with E-state index in [4.69, 9.17) is 14.2 Å². The predicted octanol–water partition coefficient (Wildman–Crippen LogP) is 15.0. The van der Waals surface area contributed by atoms with Crippen LogP contribution in [0.1, 0.15) is 175 Å². The number of hydrogen-bond donors (Lipinski definition) is 0. The van der Waals surface area contributed by atoms with Gasteiger partial charge in [-0.3, -0.25) is 14.4 Å². The van der Waals surface area contributed by atoms with Gasteiger partial charge in [0.2, 0.25) is 0 Å². The first-order valence-corrected chi connectivity index (χ1v) is 23.2. The first-order valence-electron chi connectivity index (χ1n) is 23.2. The molecule has 0 bridgehead atoms. The summed E-state index contributed by atoms with van der Waals surface area (Å²) in [6, 6.07) is 0. The highest BCUT2D eigenvalue weighted by atomic mass is 16.6. The van der Waals surface area contributed by atoms with Gasteiger partial charge in [-0.1, -0.05) is 200 Å².